The Balaban J connectivity index is 0.00000182. The molecule has 0 saturated heterocycles. The lowest BCUT2D eigenvalue weighted by molar-refractivity contribution is -0.669. The number of hydrogen-bond acceptors (Lipinski definition) is 1. The monoisotopic (exact) mass is 442 g/mol. The van der Waals surface area contributed by atoms with Gasteiger partial charge in [0.15, 0.2) is 0 Å². The van der Waals surface area contributed by atoms with Crippen molar-refractivity contribution in [2.75, 3.05) is 11.4 Å². The third-order valence-corrected chi connectivity index (χ3v) is 4.86. The molecular weight excluding hydrogens is 419 g/mol. The number of para-hydroxylation sites is 2. The van der Waals surface area contributed by atoms with Crippen LogP contribution in [0.15, 0.2) is 66.9 Å². The summed E-state index contributed by atoms with van der Waals surface area (Å²) in [6.45, 7) is 4.27. The highest BCUT2D eigenvalue weighted by atomic mass is 127. The Hall–Kier alpha value is -1.88. The van der Waals surface area contributed by atoms with Gasteiger partial charge in [0.05, 0.1) is 0 Å². The summed E-state index contributed by atoms with van der Waals surface area (Å²) in [4.78, 5) is 2.38. The third kappa shape index (κ3) is 3.56. The van der Waals surface area contributed by atoms with Crippen LogP contribution in [0.3, 0.4) is 0 Å². The second-order valence-corrected chi connectivity index (χ2v) is 6.30. The Morgan fingerprint density at radius 2 is 1.80 bits per heavy atom. The molecule has 2 nitrogen and oxygen atoms in total. The van der Waals surface area contributed by atoms with Crippen molar-refractivity contribution in [3.63, 3.8) is 0 Å². The van der Waals surface area contributed by atoms with Crippen molar-refractivity contribution in [2.45, 2.75) is 26.3 Å². The number of halogens is 1. The number of anilines is 1. The van der Waals surface area contributed by atoms with E-state index >= 15 is 0 Å². The van der Waals surface area contributed by atoms with Crippen molar-refractivity contribution in [3.05, 3.63) is 78.1 Å². The number of aryl methyl sites for hydroxylation is 2. The van der Waals surface area contributed by atoms with Crippen LogP contribution in [0.4, 0.5) is 5.69 Å². The molecule has 3 aromatic rings. The number of aromatic nitrogens is 1. The molecule has 0 saturated carbocycles. The van der Waals surface area contributed by atoms with Gasteiger partial charge in [0.2, 0.25) is 11.2 Å². The quantitative estimate of drug-likeness (QED) is 0.442. The molecule has 0 N–H and O–H groups in total. The summed E-state index contributed by atoms with van der Waals surface area (Å²) >= 11 is 0. The molecule has 0 unspecified atom stereocenters. The molecule has 0 radical (unpaired) electrons. The molecule has 0 fully saturated rings. The minimum atomic E-state index is 0. The molecule has 2 aromatic carbocycles. The van der Waals surface area contributed by atoms with Crippen LogP contribution in [0.5, 0.6) is 0 Å². The summed E-state index contributed by atoms with van der Waals surface area (Å²) in [7, 11) is 0. The molecule has 3 heteroatoms. The van der Waals surface area contributed by atoms with Crippen molar-refractivity contribution in [2.24, 2.45) is 0 Å². The molecule has 0 aliphatic carbocycles. The molecule has 4 rings (SSSR count). The van der Waals surface area contributed by atoms with Crippen molar-refractivity contribution < 1.29 is 28.5 Å². The number of hydrogen-bond donors (Lipinski definition) is 0. The second kappa shape index (κ2) is 8.00. The van der Waals surface area contributed by atoms with Crippen LogP contribution >= 0.6 is 0 Å². The van der Waals surface area contributed by atoms with Gasteiger partial charge in [0.1, 0.15) is 6.54 Å². The zero-order valence-electron chi connectivity index (χ0n) is 14.5. The fourth-order valence-corrected chi connectivity index (χ4v) is 3.66. The zero-order valence-corrected chi connectivity index (χ0v) is 16.7. The van der Waals surface area contributed by atoms with Gasteiger partial charge >= 0.3 is 0 Å². The topological polar surface area (TPSA) is 7.12 Å². The lowest BCUT2D eigenvalue weighted by Crippen LogP contribution is -3.00. The van der Waals surface area contributed by atoms with Gasteiger partial charge in [-0.25, -0.2) is 0 Å². The van der Waals surface area contributed by atoms with Crippen molar-refractivity contribution in [1.82, 2.24) is 0 Å². The predicted octanol–water partition coefficient (Wildman–Crippen LogP) is 1.57. The first-order valence-electron chi connectivity index (χ1n) is 8.81. The van der Waals surface area contributed by atoms with Crippen LogP contribution in [0.1, 0.15) is 24.6 Å². The Kier molecular flexibility index (Phi) is 5.74. The first kappa shape index (κ1) is 17.9. The number of nitrogens with zero attached hydrogens (tertiary/aromatic N) is 2. The first-order chi connectivity index (χ1) is 11.9. The van der Waals surface area contributed by atoms with E-state index in [-0.39, 0.29) is 24.0 Å². The predicted molar refractivity (Wildman–Crippen MR) is 101 cm³/mol. The summed E-state index contributed by atoms with van der Waals surface area (Å²) < 4.78 is 2.38. The Morgan fingerprint density at radius 1 is 1.00 bits per heavy atom. The van der Waals surface area contributed by atoms with E-state index in [1.807, 2.05) is 0 Å². The van der Waals surface area contributed by atoms with Gasteiger partial charge in [-0.15, -0.1) is 0 Å². The molecule has 1 aromatic heterocycles. The minimum absolute atomic E-state index is 0. The number of benzene rings is 2. The van der Waals surface area contributed by atoms with Gasteiger partial charge in [-0.2, -0.15) is 4.57 Å². The number of pyridine rings is 1. The van der Waals surface area contributed by atoms with Crippen LogP contribution in [-0.4, -0.2) is 6.54 Å². The average molecular weight is 442 g/mol. The molecule has 128 valence electrons. The van der Waals surface area contributed by atoms with E-state index in [4.69, 9.17) is 0 Å². The third-order valence-electron chi connectivity index (χ3n) is 4.86. The van der Waals surface area contributed by atoms with E-state index < -0.39 is 0 Å². The largest absolute Gasteiger partial charge is 1.00 e. The van der Waals surface area contributed by atoms with Gasteiger partial charge in [0, 0.05) is 42.0 Å². The van der Waals surface area contributed by atoms with E-state index in [0.29, 0.717) is 0 Å². The SMILES string of the molecule is CC[n+]1c(/C=C/N2CCCc3ccccc32)ccc2ccccc21.[I-]. The van der Waals surface area contributed by atoms with Crippen LogP contribution in [0.2, 0.25) is 0 Å². The Bertz CT molecular complexity index is 901. The molecule has 0 atom stereocenters. The fourth-order valence-electron chi connectivity index (χ4n) is 3.66. The van der Waals surface area contributed by atoms with Gasteiger partial charge in [-0.05, 0) is 43.5 Å². The van der Waals surface area contributed by atoms with Crippen molar-refractivity contribution in [3.8, 4) is 0 Å². The van der Waals surface area contributed by atoms with E-state index in [1.54, 1.807) is 0 Å². The first-order valence-corrected chi connectivity index (χ1v) is 8.81. The van der Waals surface area contributed by atoms with Gasteiger partial charge < -0.3 is 28.9 Å². The fraction of sp³-hybridized carbons (Fsp3) is 0.227. The highest BCUT2D eigenvalue weighted by Gasteiger charge is 2.15. The van der Waals surface area contributed by atoms with E-state index in [9.17, 15) is 0 Å². The molecule has 0 spiro atoms. The Labute approximate surface area is 166 Å². The summed E-state index contributed by atoms with van der Waals surface area (Å²) in [5.41, 5.74) is 5.35. The smallest absolute Gasteiger partial charge is 0.212 e. The maximum atomic E-state index is 2.38. The zero-order chi connectivity index (χ0) is 16.4. The van der Waals surface area contributed by atoms with Crippen LogP contribution < -0.4 is 33.4 Å². The molecule has 1 aliphatic rings. The maximum absolute atomic E-state index is 2.38. The second-order valence-electron chi connectivity index (χ2n) is 6.30. The number of rotatable bonds is 3. The maximum Gasteiger partial charge on any atom is 0.212 e. The molecule has 0 amide bonds. The standard InChI is InChI=1S/C22H23N2.HI/c1-2-24-20(14-13-19-9-4-6-12-22(19)24)15-17-23-16-7-10-18-8-3-5-11-21(18)23;/h3-6,8-9,11-15,17H,2,7,10,16H2,1H3;1H/q+1;/p-1. The van der Waals surface area contributed by atoms with Crippen molar-refractivity contribution in [1.29, 1.82) is 0 Å². The van der Waals surface area contributed by atoms with Crippen molar-refractivity contribution >= 4 is 22.7 Å². The number of fused-ring (bicyclic) bond motifs is 2. The van der Waals surface area contributed by atoms with Gasteiger partial charge in [0.25, 0.3) is 0 Å². The molecule has 2 heterocycles. The van der Waals surface area contributed by atoms with Crippen LogP contribution in [-0.2, 0) is 13.0 Å². The van der Waals surface area contributed by atoms with Crippen LogP contribution in [0.25, 0.3) is 17.0 Å². The lowest BCUT2D eigenvalue weighted by Gasteiger charge is -2.27. The summed E-state index contributed by atoms with van der Waals surface area (Å²) in [5.74, 6) is 0. The minimum Gasteiger partial charge on any atom is -1.00 e. The lowest BCUT2D eigenvalue weighted by atomic mass is 10.0. The average Bonchev–Trinajstić information content (AvgIpc) is 2.65. The van der Waals surface area contributed by atoms with E-state index in [1.165, 1.54) is 40.7 Å². The van der Waals surface area contributed by atoms with Gasteiger partial charge in [-0.1, -0.05) is 30.3 Å². The highest BCUT2D eigenvalue weighted by molar-refractivity contribution is 5.76. The molecular formula is C22H23IN2. The highest BCUT2D eigenvalue weighted by Crippen LogP contribution is 2.27. The summed E-state index contributed by atoms with van der Waals surface area (Å²) in [5, 5.41) is 1.29. The summed E-state index contributed by atoms with van der Waals surface area (Å²) in [6.07, 6.45) is 6.89. The molecule has 25 heavy (non-hydrogen) atoms. The molecule has 1 aliphatic heterocycles. The molecule has 0 bridgehead atoms. The summed E-state index contributed by atoms with van der Waals surface area (Å²) in [6, 6.07) is 21.8. The Morgan fingerprint density at radius 3 is 2.68 bits per heavy atom. The van der Waals surface area contributed by atoms with E-state index in [2.05, 4.69) is 89.3 Å². The normalized spacial score (nSPS) is 13.7. The van der Waals surface area contributed by atoms with E-state index in [0.717, 1.165) is 13.1 Å². The van der Waals surface area contributed by atoms with Crippen LogP contribution in [0, 0.1) is 0 Å². The van der Waals surface area contributed by atoms with Gasteiger partial charge in [-0.3, -0.25) is 0 Å².